The predicted molar refractivity (Wildman–Crippen MR) is 77.9 cm³/mol. The summed E-state index contributed by atoms with van der Waals surface area (Å²) in [4.78, 5) is 12.3. The number of amides is 1. The van der Waals surface area contributed by atoms with E-state index in [9.17, 15) is 9.90 Å². The number of phenols is 1. The van der Waals surface area contributed by atoms with Gasteiger partial charge >= 0.3 is 0 Å². The van der Waals surface area contributed by atoms with Crippen LogP contribution in [0.25, 0.3) is 0 Å². The molecule has 1 amide bonds. The monoisotopic (exact) mass is 278 g/mol. The van der Waals surface area contributed by atoms with Crippen molar-refractivity contribution in [2.75, 3.05) is 25.1 Å². The number of benzene rings is 1. The van der Waals surface area contributed by atoms with Crippen LogP contribution in [0.4, 0.5) is 5.69 Å². The topological polar surface area (TPSA) is 70.6 Å². The first-order valence-electron chi connectivity index (χ1n) is 7.03. The van der Waals surface area contributed by atoms with Gasteiger partial charge in [0.25, 0.3) is 0 Å². The minimum absolute atomic E-state index is 0.0639. The SMILES string of the molecule is CCCNC1COCC1C(=O)Nc1ccc(C)c(O)c1. The second-order valence-corrected chi connectivity index (χ2v) is 5.20. The third kappa shape index (κ3) is 3.49. The molecule has 2 atom stereocenters. The molecule has 0 bridgehead atoms. The van der Waals surface area contributed by atoms with Crippen LogP contribution in [0.3, 0.4) is 0 Å². The molecule has 1 aromatic carbocycles. The Morgan fingerprint density at radius 3 is 2.95 bits per heavy atom. The summed E-state index contributed by atoms with van der Waals surface area (Å²) in [6, 6.07) is 5.20. The average Bonchev–Trinajstić information content (AvgIpc) is 2.89. The van der Waals surface area contributed by atoms with Crippen LogP contribution in [-0.2, 0) is 9.53 Å². The van der Waals surface area contributed by atoms with Crippen molar-refractivity contribution in [2.24, 2.45) is 5.92 Å². The number of anilines is 1. The molecule has 0 radical (unpaired) electrons. The van der Waals surface area contributed by atoms with Crippen molar-refractivity contribution in [2.45, 2.75) is 26.3 Å². The molecular weight excluding hydrogens is 256 g/mol. The number of hydrogen-bond acceptors (Lipinski definition) is 4. The molecule has 0 aromatic heterocycles. The Kier molecular flexibility index (Phi) is 4.98. The van der Waals surface area contributed by atoms with E-state index >= 15 is 0 Å². The summed E-state index contributed by atoms with van der Waals surface area (Å²) in [6.45, 7) is 5.79. The number of hydrogen-bond donors (Lipinski definition) is 3. The van der Waals surface area contributed by atoms with Crippen molar-refractivity contribution in [3.63, 3.8) is 0 Å². The van der Waals surface area contributed by atoms with Gasteiger partial charge in [-0.3, -0.25) is 4.79 Å². The lowest BCUT2D eigenvalue weighted by atomic mass is 10.0. The van der Waals surface area contributed by atoms with Crippen LogP contribution in [0.2, 0.25) is 0 Å². The third-order valence-corrected chi connectivity index (χ3v) is 3.55. The van der Waals surface area contributed by atoms with Crippen molar-refractivity contribution in [1.29, 1.82) is 0 Å². The Morgan fingerprint density at radius 1 is 1.45 bits per heavy atom. The first-order valence-corrected chi connectivity index (χ1v) is 7.03. The molecule has 0 saturated carbocycles. The predicted octanol–water partition coefficient (Wildman–Crippen LogP) is 1.65. The number of carbonyl (C=O) groups is 1. The molecule has 3 N–H and O–H groups in total. The van der Waals surface area contributed by atoms with Crippen molar-refractivity contribution < 1.29 is 14.6 Å². The number of aryl methyl sites for hydroxylation is 1. The first kappa shape index (κ1) is 14.8. The highest BCUT2D eigenvalue weighted by Crippen LogP contribution is 2.22. The highest BCUT2D eigenvalue weighted by Gasteiger charge is 2.33. The van der Waals surface area contributed by atoms with E-state index in [2.05, 4.69) is 17.6 Å². The molecule has 5 nitrogen and oxygen atoms in total. The van der Waals surface area contributed by atoms with Gasteiger partial charge in [0.1, 0.15) is 5.75 Å². The van der Waals surface area contributed by atoms with Gasteiger partial charge in [0.05, 0.1) is 19.1 Å². The van der Waals surface area contributed by atoms with E-state index in [1.54, 1.807) is 18.2 Å². The van der Waals surface area contributed by atoms with Gasteiger partial charge in [0.2, 0.25) is 5.91 Å². The van der Waals surface area contributed by atoms with Gasteiger partial charge in [0, 0.05) is 17.8 Å². The summed E-state index contributed by atoms with van der Waals surface area (Å²) in [5, 5.41) is 15.8. The average molecular weight is 278 g/mol. The van der Waals surface area contributed by atoms with Gasteiger partial charge in [-0.1, -0.05) is 13.0 Å². The standard InChI is InChI=1S/C15H22N2O3/c1-3-6-16-13-9-20-8-12(13)15(19)17-11-5-4-10(2)14(18)7-11/h4-5,7,12-13,16,18H,3,6,8-9H2,1-2H3,(H,17,19). The molecule has 0 spiro atoms. The van der Waals surface area contributed by atoms with Crippen LogP contribution >= 0.6 is 0 Å². The first-order chi connectivity index (χ1) is 9.61. The largest absolute Gasteiger partial charge is 0.508 e. The smallest absolute Gasteiger partial charge is 0.231 e. The van der Waals surface area contributed by atoms with Crippen LogP contribution < -0.4 is 10.6 Å². The summed E-state index contributed by atoms with van der Waals surface area (Å²) < 4.78 is 5.40. The zero-order chi connectivity index (χ0) is 14.5. The molecule has 1 heterocycles. The number of rotatable bonds is 5. The minimum Gasteiger partial charge on any atom is -0.508 e. The van der Waals surface area contributed by atoms with Gasteiger partial charge in [0.15, 0.2) is 0 Å². The Hall–Kier alpha value is -1.59. The molecule has 2 rings (SSSR count). The lowest BCUT2D eigenvalue weighted by Crippen LogP contribution is -2.41. The number of carbonyl (C=O) groups excluding carboxylic acids is 1. The highest BCUT2D eigenvalue weighted by atomic mass is 16.5. The van der Waals surface area contributed by atoms with Crippen LogP contribution in [0.1, 0.15) is 18.9 Å². The van der Waals surface area contributed by atoms with E-state index in [4.69, 9.17) is 4.74 Å². The fraction of sp³-hybridized carbons (Fsp3) is 0.533. The molecule has 110 valence electrons. The van der Waals surface area contributed by atoms with Gasteiger partial charge in [-0.2, -0.15) is 0 Å². The molecule has 20 heavy (non-hydrogen) atoms. The summed E-state index contributed by atoms with van der Waals surface area (Å²) >= 11 is 0. The third-order valence-electron chi connectivity index (χ3n) is 3.55. The maximum Gasteiger partial charge on any atom is 0.231 e. The number of aromatic hydroxyl groups is 1. The fourth-order valence-corrected chi connectivity index (χ4v) is 2.27. The molecule has 1 aliphatic rings. The van der Waals surface area contributed by atoms with E-state index in [0.717, 1.165) is 18.5 Å². The molecular formula is C15H22N2O3. The van der Waals surface area contributed by atoms with Crippen molar-refractivity contribution in [3.05, 3.63) is 23.8 Å². The van der Waals surface area contributed by atoms with Gasteiger partial charge in [-0.05, 0) is 31.5 Å². The fourth-order valence-electron chi connectivity index (χ4n) is 2.27. The Balaban J connectivity index is 1.98. The van der Waals surface area contributed by atoms with Gasteiger partial charge in [-0.25, -0.2) is 0 Å². The summed E-state index contributed by atoms with van der Waals surface area (Å²) in [5.41, 5.74) is 1.40. The highest BCUT2D eigenvalue weighted by molar-refractivity contribution is 5.93. The van der Waals surface area contributed by atoms with Crippen molar-refractivity contribution >= 4 is 11.6 Å². The Morgan fingerprint density at radius 2 is 2.25 bits per heavy atom. The van der Waals surface area contributed by atoms with Crippen LogP contribution in [0.15, 0.2) is 18.2 Å². The zero-order valence-corrected chi connectivity index (χ0v) is 12.0. The Bertz CT molecular complexity index is 476. The number of ether oxygens (including phenoxy) is 1. The zero-order valence-electron chi connectivity index (χ0n) is 12.0. The molecule has 1 aliphatic heterocycles. The minimum atomic E-state index is -0.190. The number of phenolic OH excluding ortho intramolecular Hbond substituents is 1. The van der Waals surface area contributed by atoms with E-state index in [0.29, 0.717) is 18.9 Å². The van der Waals surface area contributed by atoms with Crippen molar-refractivity contribution in [1.82, 2.24) is 5.32 Å². The maximum atomic E-state index is 12.3. The quantitative estimate of drug-likeness (QED) is 0.766. The van der Waals surface area contributed by atoms with E-state index in [1.807, 2.05) is 6.92 Å². The maximum absolute atomic E-state index is 12.3. The van der Waals surface area contributed by atoms with Gasteiger partial charge < -0.3 is 20.5 Å². The van der Waals surface area contributed by atoms with Crippen molar-refractivity contribution in [3.8, 4) is 5.75 Å². The molecule has 1 saturated heterocycles. The molecule has 2 unspecified atom stereocenters. The van der Waals surface area contributed by atoms with Crippen LogP contribution in [0.5, 0.6) is 5.75 Å². The van der Waals surface area contributed by atoms with Crippen LogP contribution in [0, 0.1) is 12.8 Å². The van der Waals surface area contributed by atoms with E-state index < -0.39 is 0 Å². The summed E-state index contributed by atoms with van der Waals surface area (Å²) in [6.07, 6.45) is 1.02. The number of nitrogens with one attached hydrogen (secondary N) is 2. The molecule has 5 heteroatoms. The normalized spacial score (nSPS) is 21.9. The second kappa shape index (κ2) is 6.72. The summed E-state index contributed by atoms with van der Waals surface area (Å²) in [7, 11) is 0. The van der Waals surface area contributed by atoms with E-state index in [1.165, 1.54) is 0 Å². The second-order valence-electron chi connectivity index (χ2n) is 5.20. The molecule has 1 fully saturated rings. The lowest BCUT2D eigenvalue weighted by molar-refractivity contribution is -0.120. The van der Waals surface area contributed by atoms with Crippen LogP contribution in [-0.4, -0.2) is 36.8 Å². The Labute approximate surface area is 119 Å². The lowest BCUT2D eigenvalue weighted by Gasteiger charge is -2.18. The van der Waals surface area contributed by atoms with Gasteiger partial charge in [-0.15, -0.1) is 0 Å². The summed E-state index contributed by atoms with van der Waals surface area (Å²) in [5.74, 6) is -0.0736. The molecule has 1 aromatic rings. The van der Waals surface area contributed by atoms with E-state index in [-0.39, 0.29) is 23.6 Å². The molecule has 0 aliphatic carbocycles.